The van der Waals surface area contributed by atoms with E-state index in [0.29, 0.717) is 22.2 Å². The van der Waals surface area contributed by atoms with E-state index in [1.54, 1.807) is 30.5 Å². The van der Waals surface area contributed by atoms with E-state index in [-0.39, 0.29) is 5.78 Å². The summed E-state index contributed by atoms with van der Waals surface area (Å²) in [4.78, 5) is 18.1. The van der Waals surface area contributed by atoms with Crippen LogP contribution in [-0.2, 0) is 0 Å². The molecule has 0 saturated heterocycles. The van der Waals surface area contributed by atoms with Crippen LogP contribution in [0.4, 0.5) is 5.69 Å². The van der Waals surface area contributed by atoms with Crippen LogP contribution in [0.5, 0.6) is 0 Å². The summed E-state index contributed by atoms with van der Waals surface area (Å²) in [6, 6.07) is 12.4. The Balaban J connectivity index is 2.11. The van der Waals surface area contributed by atoms with Crippen molar-refractivity contribution in [2.24, 2.45) is 4.99 Å². The van der Waals surface area contributed by atoms with Gasteiger partial charge in [0.05, 0.1) is 17.3 Å². The minimum atomic E-state index is 0.0845. The van der Waals surface area contributed by atoms with Gasteiger partial charge in [0.2, 0.25) is 0 Å². The Labute approximate surface area is 140 Å². The number of hydrogen-bond donors (Lipinski definition) is 0. The van der Waals surface area contributed by atoms with Crippen LogP contribution in [0.25, 0.3) is 0 Å². The molecule has 0 atom stereocenters. The topological polar surface area (TPSA) is 32.7 Å². The van der Waals surface area contributed by atoms with Crippen molar-refractivity contribution >= 4 is 40.9 Å². The maximum absolute atomic E-state index is 11.9. The maximum Gasteiger partial charge on any atom is 0.176 e. The van der Waals surface area contributed by atoms with Gasteiger partial charge in [-0.05, 0) is 50.5 Å². The number of Topliss-reactive ketones (excluding diaryl/α,β-unsaturated/α-hetero) is 1. The lowest BCUT2D eigenvalue weighted by atomic mass is 10.1. The van der Waals surface area contributed by atoms with Crippen molar-refractivity contribution in [3.8, 4) is 0 Å². The molecule has 3 nitrogen and oxygen atoms in total. The molecule has 0 unspecified atom stereocenters. The molecule has 0 bridgehead atoms. The summed E-state index contributed by atoms with van der Waals surface area (Å²) in [5, 5.41) is 1.14. The van der Waals surface area contributed by atoms with Crippen LogP contribution in [0.1, 0.15) is 15.9 Å². The highest BCUT2D eigenvalue weighted by atomic mass is 35.5. The van der Waals surface area contributed by atoms with Crippen molar-refractivity contribution in [2.45, 2.75) is 0 Å². The molecule has 0 amide bonds. The standard InChI is InChI=1S/C17H16Cl2N2O/c1-21(2)11-17(22)12-4-7-15(8-5-12)20-10-13-3-6-14(18)9-16(13)19/h3-10H,11H2,1-2H3. The Morgan fingerprint density at radius 1 is 1.14 bits per heavy atom. The average Bonchev–Trinajstić information content (AvgIpc) is 2.46. The van der Waals surface area contributed by atoms with Gasteiger partial charge in [0.15, 0.2) is 5.78 Å². The molecule has 2 aromatic rings. The number of likely N-dealkylation sites (N-methyl/N-ethyl adjacent to an activating group) is 1. The van der Waals surface area contributed by atoms with E-state index >= 15 is 0 Å². The molecule has 2 rings (SSSR count). The first-order chi connectivity index (χ1) is 10.5. The summed E-state index contributed by atoms with van der Waals surface area (Å²) in [7, 11) is 3.73. The van der Waals surface area contributed by atoms with E-state index < -0.39 is 0 Å². The molecule has 0 spiro atoms. The van der Waals surface area contributed by atoms with Crippen molar-refractivity contribution in [1.82, 2.24) is 4.90 Å². The van der Waals surface area contributed by atoms with Gasteiger partial charge in [-0.2, -0.15) is 0 Å². The van der Waals surface area contributed by atoms with E-state index in [9.17, 15) is 4.79 Å². The fourth-order valence-electron chi connectivity index (χ4n) is 1.86. The minimum absolute atomic E-state index is 0.0845. The molecule has 0 aliphatic heterocycles. The van der Waals surface area contributed by atoms with Gasteiger partial charge in [0.25, 0.3) is 0 Å². The quantitative estimate of drug-likeness (QED) is 0.596. The Kier molecular flexibility index (Phi) is 5.72. The van der Waals surface area contributed by atoms with Gasteiger partial charge >= 0.3 is 0 Å². The first-order valence-corrected chi connectivity index (χ1v) is 7.48. The van der Waals surface area contributed by atoms with Gasteiger partial charge in [-0.15, -0.1) is 0 Å². The van der Waals surface area contributed by atoms with Crippen molar-refractivity contribution in [1.29, 1.82) is 0 Å². The minimum Gasteiger partial charge on any atom is -0.302 e. The molecule has 2 aromatic carbocycles. The Morgan fingerprint density at radius 3 is 2.41 bits per heavy atom. The zero-order valence-electron chi connectivity index (χ0n) is 12.4. The zero-order valence-corrected chi connectivity index (χ0v) is 13.9. The first-order valence-electron chi connectivity index (χ1n) is 6.73. The highest BCUT2D eigenvalue weighted by Crippen LogP contribution is 2.21. The predicted octanol–water partition coefficient (Wildman–Crippen LogP) is 4.49. The van der Waals surface area contributed by atoms with E-state index in [4.69, 9.17) is 23.2 Å². The number of halogens is 2. The average molecular weight is 335 g/mol. The molecule has 0 aromatic heterocycles. The summed E-state index contributed by atoms with van der Waals surface area (Å²) < 4.78 is 0. The highest BCUT2D eigenvalue weighted by molar-refractivity contribution is 6.36. The van der Waals surface area contributed by atoms with Crippen LogP contribution in [0.15, 0.2) is 47.5 Å². The Hall–Kier alpha value is -1.68. The third-order valence-electron chi connectivity index (χ3n) is 2.96. The van der Waals surface area contributed by atoms with E-state index in [2.05, 4.69) is 4.99 Å². The van der Waals surface area contributed by atoms with Crippen LogP contribution in [-0.4, -0.2) is 37.5 Å². The molecule has 0 radical (unpaired) electrons. The molecular formula is C17H16Cl2N2O. The highest BCUT2D eigenvalue weighted by Gasteiger charge is 2.06. The number of carbonyl (C=O) groups is 1. The first kappa shape index (κ1) is 16.7. The van der Waals surface area contributed by atoms with Gasteiger partial charge in [-0.25, -0.2) is 0 Å². The lowest BCUT2D eigenvalue weighted by Gasteiger charge is -2.08. The Bertz CT molecular complexity index is 694. The summed E-state index contributed by atoms with van der Waals surface area (Å²) in [5.74, 6) is 0.0845. The van der Waals surface area contributed by atoms with Crippen molar-refractivity contribution < 1.29 is 4.79 Å². The third-order valence-corrected chi connectivity index (χ3v) is 3.53. The number of carbonyl (C=O) groups excluding carboxylic acids is 1. The van der Waals surface area contributed by atoms with Crippen LogP contribution in [0.3, 0.4) is 0 Å². The fourth-order valence-corrected chi connectivity index (χ4v) is 2.32. The number of hydrogen-bond acceptors (Lipinski definition) is 3. The molecule has 5 heteroatoms. The molecule has 22 heavy (non-hydrogen) atoms. The Morgan fingerprint density at radius 2 is 1.82 bits per heavy atom. The van der Waals surface area contributed by atoms with Gasteiger partial charge in [-0.3, -0.25) is 9.79 Å². The van der Waals surface area contributed by atoms with Crippen LogP contribution in [0.2, 0.25) is 10.0 Å². The van der Waals surface area contributed by atoms with E-state index in [0.717, 1.165) is 11.3 Å². The molecular weight excluding hydrogens is 319 g/mol. The van der Waals surface area contributed by atoms with E-state index in [1.165, 1.54) is 0 Å². The van der Waals surface area contributed by atoms with Crippen molar-refractivity contribution in [3.05, 3.63) is 63.6 Å². The number of ketones is 1. The van der Waals surface area contributed by atoms with Gasteiger partial charge in [-0.1, -0.05) is 29.3 Å². The van der Waals surface area contributed by atoms with Gasteiger partial charge in [0.1, 0.15) is 0 Å². The summed E-state index contributed by atoms with van der Waals surface area (Å²) in [6.45, 7) is 0.392. The second-order valence-corrected chi connectivity index (χ2v) is 5.98. The fraction of sp³-hybridized carbons (Fsp3) is 0.176. The number of aliphatic imine (C=N–C) groups is 1. The molecule has 0 saturated carbocycles. The second kappa shape index (κ2) is 7.54. The largest absolute Gasteiger partial charge is 0.302 e. The molecule has 114 valence electrons. The summed E-state index contributed by atoms with van der Waals surface area (Å²) >= 11 is 11.9. The number of benzene rings is 2. The molecule has 0 aliphatic carbocycles. The van der Waals surface area contributed by atoms with Crippen molar-refractivity contribution in [3.63, 3.8) is 0 Å². The maximum atomic E-state index is 11.9. The monoisotopic (exact) mass is 334 g/mol. The van der Waals surface area contributed by atoms with E-state index in [1.807, 2.05) is 37.2 Å². The molecule has 0 aliphatic rings. The number of nitrogens with zero attached hydrogens (tertiary/aromatic N) is 2. The lowest BCUT2D eigenvalue weighted by Crippen LogP contribution is -2.21. The smallest absolute Gasteiger partial charge is 0.176 e. The number of rotatable bonds is 5. The predicted molar refractivity (Wildman–Crippen MR) is 93.0 cm³/mol. The van der Waals surface area contributed by atoms with Gasteiger partial charge < -0.3 is 4.90 Å². The zero-order chi connectivity index (χ0) is 16.1. The molecule has 0 N–H and O–H groups in total. The third kappa shape index (κ3) is 4.67. The SMILES string of the molecule is CN(C)CC(=O)c1ccc(N=Cc2ccc(Cl)cc2Cl)cc1. The second-order valence-electron chi connectivity index (χ2n) is 5.13. The van der Waals surface area contributed by atoms with Crippen molar-refractivity contribution in [2.75, 3.05) is 20.6 Å². The van der Waals surface area contributed by atoms with Crippen LogP contribution in [0, 0.1) is 0 Å². The van der Waals surface area contributed by atoms with Crippen LogP contribution >= 0.6 is 23.2 Å². The normalized spacial score (nSPS) is 11.3. The molecule has 0 heterocycles. The van der Waals surface area contributed by atoms with Gasteiger partial charge in [0, 0.05) is 22.4 Å². The molecule has 0 fully saturated rings. The van der Waals surface area contributed by atoms with Crippen LogP contribution < -0.4 is 0 Å². The summed E-state index contributed by atoms with van der Waals surface area (Å²) in [5.41, 5.74) is 2.23. The lowest BCUT2D eigenvalue weighted by molar-refractivity contribution is 0.0958. The summed E-state index contributed by atoms with van der Waals surface area (Å²) in [6.07, 6.45) is 1.68.